The largest absolute Gasteiger partial charge is 0.324 e. The van der Waals surface area contributed by atoms with Crippen LogP contribution in [0.1, 0.15) is 66.7 Å². The predicted octanol–water partition coefficient (Wildman–Crippen LogP) is 6.02. The Morgan fingerprint density at radius 1 is 0.892 bits per heavy atom. The maximum Gasteiger partial charge on any atom is 0.248 e. The summed E-state index contributed by atoms with van der Waals surface area (Å²) in [4.78, 5) is 26.5. The molecule has 0 aliphatic rings. The first-order chi connectivity index (χ1) is 17.2. The van der Waals surface area contributed by atoms with E-state index in [0.29, 0.717) is 22.5 Å². The third kappa shape index (κ3) is 6.66. The van der Waals surface area contributed by atoms with E-state index in [-0.39, 0.29) is 17.6 Å². The molecule has 6 nitrogen and oxygen atoms in total. The Bertz CT molecular complexity index is 1400. The van der Waals surface area contributed by atoms with Gasteiger partial charge < -0.3 is 5.32 Å². The van der Waals surface area contributed by atoms with Crippen molar-refractivity contribution in [2.45, 2.75) is 59.4 Å². The molecule has 0 spiro atoms. The van der Waals surface area contributed by atoms with E-state index in [2.05, 4.69) is 26.1 Å². The van der Waals surface area contributed by atoms with Crippen molar-refractivity contribution < 1.29 is 18.0 Å². The molecule has 0 aromatic heterocycles. The maximum absolute atomic E-state index is 13.3. The Morgan fingerprint density at radius 3 is 2.08 bits per heavy atom. The van der Waals surface area contributed by atoms with Crippen molar-refractivity contribution in [3.05, 3.63) is 94.5 Å². The van der Waals surface area contributed by atoms with Gasteiger partial charge in [-0.3, -0.25) is 13.9 Å². The Kier molecular flexibility index (Phi) is 8.28. The van der Waals surface area contributed by atoms with Crippen LogP contribution in [0, 0.1) is 13.8 Å². The van der Waals surface area contributed by atoms with E-state index in [9.17, 15) is 18.0 Å². The van der Waals surface area contributed by atoms with Gasteiger partial charge in [0.05, 0.1) is 11.9 Å². The standard InChI is InChI=1S/C30H36N2O4S/c1-8-27(32(37(7,35)36)26-17-12-20(2)21(3)18-26)29(34)31-25-11-9-10-23(19-25)28(33)22-13-15-24(16-14-22)30(4,5)6/h9-19,27H,8H2,1-7H3,(H,31,34)/t27-/m0/s1. The number of ketones is 1. The third-order valence-corrected chi connectivity index (χ3v) is 7.66. The van der Waals surface area contributed by atoms with E-state index in [4.69, 9.17) is 0 Å². The minimum Gasteiger partial charge on any atom is -0.324 e. The fourth-order valence-electron chi connectivity index (χ4n) is 4.17. The number of nitrogens with zero attached hydrogens (tertiary/aromatic N) is 1. The van der Waals surface area contributed by atoms with Gasteiger partial charge in [0.1, 0.15) is 6.04 Å². The van der Waals surface area contributed by atoms with Crippen molar-refractivity contribution in [1.82, 2.24) is 0 Å². The molecule has 37 heavy (non-hydrogen) atoms. The molecular formula is C30H36N2O4S. The van der Waals surface area contributed by atoms with Crippen LogP contribution in [0.25, 0.3) is 0 Å². The van der Waals surface area contributed by atoms with E-state index in [1.54, 1.807) is 43.3 Å². The van der Waals surface area contributed by atoms with Crippen molar-refractivity contribution in [2.24, 2.45) is 0 Å². The fourth-order valence-corrected chi connectivity index (χ4v) is 5.38. The molecule has 0 saturated heterocycles. The fraction of sp³-hybridized carbons (Fsp3) is 0.333. The molecule has 1 amide bonds. The molecule has 0 bridgehead atoms. The molecule has 3 aromatic carbocycles. The predicted molar refractivity (Wildman–Crippen MR) is 151 cm³/mol. The number of carbonyl (C=O) groups excluding carboxylic acids is 2. The van der Waals surface area contributed by atoms with Gasteiger partial charge in [0.15, 0.2) is 5.78 Å². The summed E-state index contributed by atoms with van der Waals surface area (Å²) >= 11 is 0. The number of rotatable bonds is 8. The maximum atomic E-state index is 13.3. The van der Waals surface area contributed by atoms with Crippen molar-refractivity contribution in [2.75, 3.05) is 15.9 Å². The van der Waals surface area contributed by atoms with E-state index in [1.807, 2.05) is 44.2 Å². The van der Waals surface area contributed by atoms with Crippen LogP contribution in [-0.2, 0) is 20.2 Å². The average Bonchev–Trinajstić information content (AvgIpc) is 2.82. The van der Waals surface area contributed by atoms with Crippen LogP contribution in [0.15, 0.2) is 66.7 Å². The first kappa shape index (κ1) is 28.1. The molecule has 0 saturated carbocycles. The van der Waals surface area contributed by atoms with Crippen LogP contribution in [0.2, 0.25) is 0 Å². The molecule has 7 heteroatoms. The topological polar surface area (TPSA) is 83.6 Å². The Morgan fingerprint density at radius 2 is 1.54 bits per heavy atom. The molecule has 0 radical (unpaired) electrons. The molecule has 3 aromatic rings. The smallest absolute Gasteiger partial charge is 0.248 e. The highest BCUT2D eigenvalue weighted by Gasteiger charge is 2.32. The summed E-state index contributed by atoms with van der Waals surface area (Å²) in [7, 11) is -3.75. The Labute approximate surface area is 220 Å². The monoisotopic (exact) mass is 520 g/mol. The van der Waals surface area contributed by atoms with Gasteiger partial charge >= 0.3 is 0 Å². The normalized spacial score (nSPS) is 12.6. The number of hydrogen-bond acceptors (Lipinski definition) is 4. The number of hydrogen-bond donors (Lipinski definition) is 1. The Hall–Kier alpha value is -3.45. The van der Waals surface area contributed by atoms with Gasteiger partial charge in [0.2, 0.25) is 15.9 Å². The number of benzene rings is 3. The second-order valence-electron chi connectivity index (χ2n) is 10.5. The first-order valence-corrected chi connectivity index (χ1v) is 14.2. The third-order valence-electron chi connectivity index (χ3n) is 6.48. The summed E-state index contributed by atoms with van der Waals surface area (Å²) in [5.41, 5.74) is 4.94. The van der Waals surface area contributed by atoms with Crippen molar-refractivity contribution in [1.29, 1.82) is 0 Å². The number of carbonyl (C=O) groups is 2. The molecule has 1 atom stereocenters. The van der Waals surface area contributed by atoms with Crippen LogP contribution in [0.4, 0.5) is 11.4 Å². The lowest BCUT2D eigenvalue weighted by atomic mass is 9.86. The number of aryl methyl sites for hydroxylation is 2. The van der Waals surface area contributed by atoms with Gasteiger partial charge in [-0.1, -0.05) is 70.2 Å². The van der Waals surface area contributed by atoms with Crippen molar-refractivity contribution >= 4 is 33.1 Å². The molecule has 0 unspecified atom stereocenters. The van der Waals surface area contributed by atoms with Crippen LogP contribution in [0.3, 0.4) is 0 Å². The lowest BCUT2D eigenvalue weighted by Crippen LogP contribution is -2.47. The quantitative estimate of drug-likeness (QED) is 0.369. The zero-order valence-electron chi connectivity index (χ0n) is 22.6. The van der Waals surface area contributed by atoms with Gasteiger partial charge in [-0.05, 0) is 66.6 Å². The van der Waals surface area contributed by atoms with Gasteiger partial charge in [-0.2, -0.15) is 0 Å². The highest BCUT2D eigenvalue weighted by atomic mass is 32.2. The number of anilines is 2. The molecule has 0 heterocycles. The molecule has 0 aliphatic heterocycles. The van der Waals surface area contributed by atoms with Crippen LogP contribution >= 0.6 is 0 Å². The van der Waals surface area contributed by atoms with Gasteiger partial charge in [0.25, 0.3) is 0 Å². The highest BCUT2D eigenvalue weighted by Crippen LogP contribution is 2.27. The lowest BCUT2D eigenvalue weighted by Gasteiger charge is -2.30. The second-order valence-corrected chi connectivity index (χ2v) is 12.3. The van der Waals surface area contributed by atoms with Gasteiger partial charge in [-0.15, -0.1) is 0 Å². The van der Waals surface area contributed by atoms with E-state index >= 15 is 0 Å². The zero-order valence-corrected chi connectivity index (χ0v) is 23.4. The summed E-state index contributed by atoms with van der Waals surface area (Å²) in [6, 6.07) is 18.6. The summed E-state index contributed by atoms with van der Waals surface area (Å²) in [5.74, 6) is -0.623. The molecular weight excluding hydrogens is 484 g/mol. The number of amides is 1. The average molecular weight is 521 g/mol. The minimum atomic E-state index is -3.75. The van der Waals surface area contributed by atoms with E-state index < -0.39 is 22.0 Å². The number of sulfonamides is 1. The van der Waals surface area contributed by atoms with Crippen LogP contribution in [-0.4, -0.2) is 32.4 Å². The Balaban J connectivity index is 1.86. The highest BCUT2D eigenvalue weighted by molar-refractivity contribution is 7.92. The van der Waals surface area contributed by atoms with E-state index in [1.165, 1.54) is 4.31 Å². The van der Waals surface area contributed by atoms with E-state index in [0.717, 1.165) is 22.9 Å². The molecule has 3 rings (SSSR count). The van der Waals surface area contributed by atoms with Crippen molar-refractivity contribution in [3.8, 4) is 0 Å². The lowest BCUT2D eigenvalue weighted by molar-refractivity contribution is -0.117. The molecule has 0 aliphatic carbocycles. The summed E-state index contributed by atoms with van der Waals surface area (Å²) in [6.45, 7) is 12.0. The summed E-state index contributed by atoms with van der Waals surface area (Å²) in [5, 5.41) is 2.82. The van der Waals surface area contributed by atoms with Crippen molar-refractivity contribution in [3.63, 3.8) is 0 Å². The van der Waals surface area contributed by atoms with Gasteiger partial charge in [-0.25, -0.2) is 8.42 Å². The SMILES string of the molecule is CC[C@@H](C(=O)Nc1cccc(C(=O)c2ccc(C(C)(C)C)cc2)c1)N(c1ccc(C)c(C)c1)S(C)(=O)=O. The van der Waals surface area contributed by atoms with Crippen LogP contribution in [0.5, 0.6) is 0 Å². The molecule has 1 N–H and O–H groups in total. The summed E-state index contributed by atoms with van der Waals surface area (Å²) < 4.78 is 26.7. The first-order valence-electron chi connectivity index (χ1n) is 12.3. The van der Waals surface area contributed by atoms with Gasteiger partial charge in [0, 0.05) is 16.8 Å². The van der Waals surface area contributed by atoms with Crippen LogP contribution < -0.4 is 9.62 Å². The second kappa shape index (κ2) is 10.9. The zero-order chi connectivity index (χ0) is 27.5. The molecule has 0 fully saturated rings. The minimum absolute atomic E-state index is 0.0152. The summed E-state index contributed by atoms with van der Waals surface area (Å²) in [6.07, 6.45) is 1.37. The number of nitrogens with one attached hydrogen (secondary N) is 1. The molecule has 196 valence electrons.